The van der Waals surface area contributed by atoms with Gasteiger partial charge in [0.15, 0.2) is 0 Å². The lowest BCUT2D eigenvalue weighted by molar-refractivity contribution is 0.153. The topological polar surface area (TPSA) is 31.4 Å². The first-order chi connectivity index (χ1) is 18.7. The number of piperazine rings is 2. The van der Waals surface area contributed by atoms with E-state index in [1.165, 1.54) is 89.4 Å². The van der Waals surface area contributed by atoms with Crippen molar-refractivity contribution in [2.75, 3.05) is 92.8 Å². The zero-order chi connectivity index (χ0) is 26.4. The molecule has 0 unspecified atom stereocenters. The van der Waals surface area contributed by atoms with Crippen LogP contribution in [0.4, 0.5) is 0 Å². The minimum absolute atomic E-state index is 0.742. The molecule has 2 aromatic rings. The predicted molar refractivity (Wildman–Crippen MR) is 158 cm³/mol. The molecule has 4 rings (SSSR count). The molecule has 0 N–H and O–H groups in total. The zero-order valence-corrected chi connectivity index (χ0v) is 24.0. The Morgan fingerprint density at radius 2 is 0.921 bits per heavy atom. The van der Waals surface area contributed by atoms with Crippen molar-refractivity contribution in [2.24, 2.45) is 0 Å². The molecule has 0 bridgehead atoms. The van der Waals surface area contributed by atoms with Crippen LogP contribution >= 0.6 is 0 Å². The van der Waals surface area contributed by atoms with E-state index in [1.807, 2.05) is 0 Å². The Kier molecular flexibility index (Phi) is 12.2. The maximum atomic E-state index is 6.20. The summed E-state index contributed by atoms with van der Waals surface area (Å²) in [7, 11) is 4.43. The van der Waals surface area contributed by atoms with E-state index >= 15 is 0 Å². The molecular formula is C32H50N4O2. The van der Waals surface area contributed by atoms with Crippen molar-refractivity contribution in [3.8, 4) is 11.5 Å². The van der Waals surface area contributed by atoms with Gasteiger partial charge in [-0.3, -0.25) is 0 Å². The number of nitrogens with zero attached hydrogens (tertiary/aromatic N) is 4. The fourth-order valence-electron chi connectivity index (χ4n) is 5.40. The monoisotopic (exact) mass is 522 g/mol. The molecule has 0 spiro atoms. The zero-order valence-electron chi connectivity index (χ0n) is 24.0. The molecule has 6 nitrogen and oxygen atoms in total. The highest BCUT2D eigenvalue weighted by atomic mass is 16.5. The van der Waals surface area contributed by atoms with Crippen LogP contribution in [0.3, 0.4) is 0 Å². The average Bonchev–Trinajstić information content (AvgIpc) is 2.94. The number of para-hydroxylation sites is 2. The molecule has 2 fully saturated rings. The molecule has 2 saturated heterocycles. The third-order valence-corrected chi connectivity index (χ3v) is 8.03. The van der Waals surface area contributed by atoms with Crippen LogP contribution in [0, 0.1) is 0 Å². The first-order valence-electron chi connectivity index (χ1n) is 14.9. The first-order valence-corrected chi connectivity index (χ1v) is 14.9. The number of ether oxygens (including phenoxy) is 2. The number of aryl methyl sites for hydroxylation is 2. The van der Waals surface area contributed by atoms with E-state index in [0.717, 1.165) is 50.4 Å². The number of benzene rings is 2. The second kappa shape index (κ2) is 16.1. The lowest BCUT2D eigenvalue weighted by atomic mass is 10.1. The number of unbranched alkanes of at least 4 members (excludes halogenated alkanes) is 1. The fourth-order valence-corrected chi connectivity index (χ4v) is 5.40. The first kappa shape index (κ1) is 28.9. The summed E-state index contributed by atoms with van der Waals surface area (Å²) in [5, 5.41) is 0. The third kappa shape index (κ3) is 9.88. The molecule has 210 valence electrons. The van der Waals surface area contributed by atoms with E-state index < -0.39 is 0 Å². The quantitative estimate of drug-likeness (QED) is 0.325. The molecule has 38 heavy (non-hydrogen) atoms. The summed E-state index contributed by atoms with van der Waals surface area (Å²) in [6.45, 7) is 13.4. The summed E-state index contributed by atoms with van der Waals surface area (Å²) >= 11 is 0. The van der Waals surface area contributed by atoms with Gasteiger partial charge in [-0.25, -0.2) is 0 Å². The van der Waals surface area contributed by atoms with Gasteiger partial charge in [-0.05, 0) is 89.0 Å². The van der Waals surface area contributed by atoms with Crippen molar-refractivity contribution in [1.82, 2.24) is 19.6 Å². The van der Waals surface area contributed by atoms with Crippen LogP contribution in [0.15, 0.2) is 48.5 Å². The highest BCUT2D eigenvalue weighted by Gasteiger charge is 2.14. The second-order valence-corrected chi connectivity index (χ2v) is 11.1. The molecule has 2 aliphatic heterocycles. The molecule has 2 aromatic carbocycles. The van der Waals surface area contributed by atoms with Gasteiger partial charge in [0.05, 0.1) is 13.2 Å². The smallest absolute Gasteiger partial charge is 0.122 e. The van der Waals surface area contributed by atoms with Gasteiger partial charge >= 0.3 is 0 Å². The number of hydrogen-bond donors (Lipinski definition) is 0. The number of hydrogen-bond acceptors (Lipinski definition) is 6. The molecule has 0 atom stereocenters. The van der Waals surface area contributed by atoms with Gasteiger partial charge in [0.1, 0.15) is 11.5 Å². The molecular weight excluding hydrogens is 472 g/mol. The summed E-state index contributed by atoms with van der Waals surface area (Å²) in [5.41, 5.74) is 2.67. The molecule has 0 radical (unpaired) electrons. The van der Waals surface area contributed by atoms with Crippen LogP contribution in [0.25, 0.3) is 0 Å². The maximum Gasteiger partial charge on any atom is 0.122 e. The Morgan fingerprint density at radius 3 is 1.34 bits per heavy atom. The largest absolute Gasteiger partial charge is 0.493 e. The summed E-state index contributed by atoms with van der Waals surface area (Å²) in [4.78, 5) is 10.0. The summed E-state index contributed by atoms with van der Waals surface area (Å²) in [6.07, 6.45) is 6.54. The average molecular weight is 523 g/mol. The van der Waals surface area contributed by atoms with E-state index in [0.29, 0.717) is 0 Å². The van der Waals surface area contributed by atoms with Crippen molar-refractivity contribution in [2.45, 2.75) is 38.5 Å². The second-order valence-electron chi connectivity index (χ2n) is 11.1. The van der Waals surface area contributed by atoms with Gasteiger partial charge in [0.25, 0.3) is 0 Å². The third-order valence-electron chi connectivity index (χ3n) is 8.03. The van der Waals surface area contributed by atoms with Crippen molar-refractivity contribution < 1.29 is 9.47 Å². The summed E-state index contributed by atoms with van der Waals surface area (Å²) in [5.74, 6) is 2.11. The van der Waals surface area contributed by atoms with E-state index in [9.17, 15) is 0 Å². The Labute approximate surface area is 231 Å². The lowest BCUT2D eigenvalue weighted by Crippen LogP contribution is -2.44. The molecule has 0 aliphatic carbocycles. The van der Waals surface area contributed by atoms with Crippen LogP contribution in [0.1, 0.15) is 36.8 Å². The maximum absolute atomic E-state index is 6.20. The number of rotatable bonds is 15. The minimum Gasteiger partial charge on any atom is -0.493 e. The lowest BCUT2D eigenvalue weighted by Gasteiger charge is -2.32. The van der Waals surface area contributed by atoms with Gasteiger partial charge < -0.3 is 29.1 Å². The SMILES string of the molecule is CN1CCN(CCCc2ccccc2OCCCCOc2ccccc2CCCN2CCN(C)CC2)CC1. The van der Waals surface area contributed by atoms with E-state index in [-0.39, 0.29) is 0 Å². The van der Waals surface area contributed by atoms with Crippen LogP contribution in [0.5, 0.6) is 11.5 Å². The molecule has 2 heterocycles. The van der Waals surface area contributed by atoms with Gasteiger partial charge in [0, 0.05) is 52.4 Å². The van der Waals surface area contributed by atoms with Crippen molar-refractivity contribution in [1.29, 1.82) is 0 Å². The minimum atomic E-state index is 0.742. The van der Waals surface area contributed by atoms with Gasteiger partial charge in [0.2, 0.25) is 0 Å². The van der Waals surface area contributed by atoms with Crippen LogP contribution in [-0.2, 0) is 12.8 Å². The highest BCUT2D eigenvalue weighted by Crippen LogP contribution is 2.22. The van der Waals surface area contributed by atoms with E-state index in [1.54, 1.807) is 0 Å². The van der Waals surface area contributed by atoms with Crippen molar-refractivity contribution >= 4 is 0 Å². The normalized spacial score (nSPS) is 18.1. The number of likely N-dealkylation sites (N-methyl/N-ethyl adjacent to an activating group) is 2. The van der Waals surface area contributed by atoms with Crippen LogP contribution in [0.2, 0.25) is 0 Å². The Morgan fingerprint density at radius 1 is 0.526 bits per heavy atom. The van der Waals surface area contributed by atoms with Crippen LogP contribution in [-0.4, -0.2) is 112 Å². The van der Waals surface area contributed by atoms with Gasteiger partial charge in [-0.2, -0.15) is 0 Å². The van der Waals surface area contributed by atoms with Crippen molar-refractivity contribution in [3.63, 3.8) is 0 Å². The van der Waals surface area contributed by atoms with Crippen LogP contribution < -0.4 is 9.47 Å². The van der Waals surface area contributed by atoms with Gasteiger partial charge in [-0.1, -0.05) is 36.4 Å². The Hall–Kier alpha value is -2.12. The molecule has 0 amide bonds. The standard InChI is InChI=1S/C32H50N4O2/c1-33-19-23-35(24-20-33)17-9-13-29-11-3-5-15-31(29)37-27-7-8-28-38-32-16-6-4-12-30(32)14-10-18-36-25-21-34(2)22-26-36/h3-6,11-12,15-16H,7-10,13-14,17-28H2,1-2H3. The summed E-state index contributed by atoms with van der Waals surface area (Å²) < 4.78 is 12.4. The summed E-state index contributed by atoms with van der Waals surface area (Å²) in [6, 6.07) is 17.1. The van der Waals surface area contributed by atoms with Gasteiger partial charge in [-0.15, -0.1) is 0 Å². The van der Waals surface area contributed by atoms with E-state index in [2.05, 4.69) is 82.2 Å². The molecule has 6 heteroatoms. The fraction of sp³-hybridized carbons (Fsp3) is 0.625. The van der Waals surface area contributed by atoms with Crippen molar-refractivity contribution in [3.05, 3.63) is 59.7 Å². The Balaban J connectivity index is 1.10. The Bertz CT molecular complexity index is 848. The molecule has 2 aliphatic rings. The highest BCUT2D eigenvalue weighted by molar-refractivity contribution is 5.34. The van der Waals surface area contributed by atoms with E-state index in [4.69, 9.17) is 9.47 Å². The molecule has 0 saturated carbocycles. The molecule has 0 aromatic heterocycles. The predicted octanol–water partition coefficient (Wildman–Crippen LogP) is 4.28.